The molecule has 2 aliphatic rings. The Morgan fingerprint density at radius 2 is 2.21 bits per heavy atom. The average molecular weight is 268 g/mol. The van der Waals surface area contributed by atoms with Crippen LogP contribution in [-0.4, -0.2) is 47.6 Å². The Balaban J connectivity index is 2.06. The van der Waals surface area contributed by atoms with E-state index in [2.05, 4.69) is 12.2 Å². The first-order valence-electron chi connectivity index (χ1n) is 7.25. The first-order valence-corrected chi connectivity index (χ1v) is 7.25. The molecule has 19 heavy (non-hydrogen) atoms. The summed E-state index contributed by atoms with van der Waals surface area (Å²) in [6, 6.07) is 0.0337. The molecular formula is C14H24N2O3. The van der Waals surface area contributed by atoms with Crippen LogP contribution in [0.25, 0.3) is 0 Å². The van der Waals surface area contributed by atoms with Crippen LogP contribution in [0, 0.1) is 11.3 Å². The van der Waals surface area contributed by atoms with Crippen molar-refractivity contribution in [2.24, 2.45) is 11.3 Å². The van der Waals surface area contributed by atoms with Gasteiger partial charge in [0.25, 0.3) is 0 Å². The van der Waals surface area contributed by atoms with Gasteiger partial charge in [-0.2, -0.15) is 0 Å². The van der Waals surface area contributed by atoms with E-state index in [1.807, 2.05) is 11.8 Å². The van der Waals surface area contributed by atoms with Gasteiger partial charge in [0.05, 0.1) is 11.3 Å². The standard InChI is InChI=1S/C14H24N2O3/c1-3-14(5-6-15-9-14)13(19)16-7-4-11(12(17)18)8-10(16)2/h10-11,15H,3-9H2,1-2H3,(H,17,18). The second-order valence-electron chi connectivity index (χ2n) is 5.97. The molecular weight excluding hydrogens is 244 g/mol. The summed E-state index contributed by atoms with van der Waals surface area (Å²) in [5.41, 5.74) is -0.260. The summed E-state index contributed by atoms with van der Waals surface area (Å²) >= 11 is 0. The number of likely N-dealkylation sites (tertiary alicyclic amines) is 1. The molecule has 1 amide bonds. The van der Waals surface area contributed by atoms with E-state index in [1.165, 1.54) is 0 Å². The van der Waals surface area contributed by atoms with Gasteiger partial charge in [-0.25, -0.2) is 0 Å². The summed E-state index contributed by atoms with van der Waals surface area (Å²) in [6.45, 7) is 6.28. The number of rotatable bonds is 3. The maximum absolute atomic E-state index is 12.8. The fraction of sp³-hybridized carbons (Fsp3) is 0.857. The SMILES string of the molecule is CCC1(C(=O)N2CCC(C(=O)O)CC2C)CCNC1. The van der Waals surface area contributed by atoms with E-state index in [9.17, 15) is 9.59 Å². The van der Waals surface area contributed by atoms with Crippen molar-refractivity contribution in [1.82, 2.24) is 10.2 Å². The Morgan fingerprint density at radius 3 is 2.68 bits per heavy atom. The van der Waals surface area contributed by atoms with Crippen molar-refractivity contribution in [2.45, 2.75) is 45.6 Å². The van der Waals surface area contributed by atoms with E-state index >= 15 is 0 Å². The molecule has 2 N–H and O–H groups in total. The molecule has 3 atom stereocenters. The Labute approximate surface area is 114 Å². The molecule has 0 spiro atoms. The zero-order chi connectivity index (χ0) is 14.0. The van der Waals surface area contributed by atoms with Crippen molar-refractivity contribution in [3.05, 3.63) is 0 Å². The molecule has 2 rings (SSSR count). The number of nitrogens with one attached hydrogen (secondary N) is 1. The first kappa shape index (κ1) is 14.3. The Kier molecular flexibility index (Phi) is 4.13. The van der Waals surface area contributed by atoms with Crippen LogP contribution in [-0.2, 0) is 9.59 Å². The quantitative estimate of drug-likeness (QED) is 0.804. The molecule has 0 aromatic carbocycles. The third kappa shape index (κ3) is 2.61. The highest BCUT2D eigenvalue weighted by atomic mass is 16.4. The molecule has 2 fully saturated rings. The monoisotopic (exact) mass is 268 g/mol. The third-order valence-corrected chi connectivity index (χ3v) is 4.86. The lowest BCUT2D eigenvalue weighted by molar-refractivity contribution is -0.151. The molecule has 0 radical (unpaired) electrons. The number of carbonyl (C=O) groups excluding carboxylic acids is 1. The fourth-order valence-corrected chi connectivity index (χ4v) is 3.38. The van der Waals surface area contributed by atoms with E-state index in [-0.39, 0.29) is 23.3 Å². The molecule has 0 saturated carbocycles. The Bertz CT molecular complexity index is 364. The molecule has 2 heterocycles. The summed E-state index contributed by atoms with van der Waals surface area (Å²) in [6.07, 6.45) is 2.91. The van der Waals surface area contributed by atoms with E-state index in [0.717, 1.165) is 25.9 Å². The second-order valence-corrected chi connectivity index (χ2v) is 5.97. The predicted molar refractivity (Wildman–Crippen MR) is 71.7 cm³/mol. The van der Waals surface area contributed by atoms with Gasteiger partial charge in [0.15, 0.2) is 0 Å². The first-order chi connectivity index (χ1) is 9.00. The third-order valence-electron chi connectivity index (χ3n) is 4.86. The zero-order valence-electron chi connectivity index (χ0n) is 11.8. The highest BCUT2D eigenvalue weighted by Crippen LogP contribution is 2.35. The normalized spacial score (nSPS) is 35.4. The number of carboxylic acids is 1. The number of carbonyl (C=O) groups is 2. The van der Waals surface area contributed by atoms with Crippen molar-refractivity contribution < 1.29 is 14.7 Å². The minimum absolute atomic E-state index is 0.0337. The van der Waals surface area contributed by atoms with Gasteiger partial charge in [-0.05, 0) is 39.2 Å². The molecule has 0 aromatic heterocycles. The van der Waals surface area contributed by atoms with Crippen molar-refractivity contribution in [2.75, 3.05) is 19.6 Å². The molecule has 2 saturated heterocycles. The average Bonchev–Trinajstić information content (AvgIpc) is 2.87. The molecule has 3 unspecified atom stereocenters. The molecule has 5 heteroatoms. The van der Waals surface area contributed by atoms with Crippen LogP contribution in [0.1, 0.15) is 39.5 Å². The number of aliphatic carboxylic acids is 1. The van der Waals surface area contributed by atoms with Gasteiger partial charge in [0, 0.05) is 19.1 Å². The largest absolute Gasteiger partial charge is 0.481 e. The lowest BCUT2D eigenvalue weighted by Crippen LogP contribution is -2.52. The lowest BCUT2D eigenvalue weighted by Gasteiger charge is -2.41. The molecule has 5 nitrogen and oxygen atoms in total. The van der Waals surface area contributed by atoms with Crippen molar-refractivity contribution in [3.63, 3.8) is 0 Å². The van der Waals surface area contributed by atoms with Crippen molar-refractivity contribution in [3.8, 4) is 0 Å². The van der Waals surface area contributed by atoms with Gasteiger partial charge in [-0.3, -0.25) is 9.59 Å². The topological polar surface area (TPSA) is 69.6 Å². The van der Waals surface area contributed by atoms with Crippen LogP contribution in [0.5, 0.6) is 0 Å². The van der Waals surface area contributed by atoms with Gasteiger partial charge in [-0.1, -0.05) is 6.92 Å². The summed E-state index contributed by atoms with van der Waals surface area (Å²) in [5, 5.41) is 12.4. The minimum Gasteiger partial charge on any atom is -0.481 e. The molecule has 108 valence electrons. The van der Waals surface area contributed by atoms with Gasteiger partial charge in [0.2, 0.25) is 5.91 Å². The number of amides is 1. The van der Waals surface area contributed by atoms with Gasteiger partial charge in [-0.15, -0.1) is 0 Å². The highest BCUT2D eigenvalue weighted by molar-refractivity contribution is 5.84. The summed E-state index contributed by atoms with van der Waals surface area (Å²) in [4.78, 5) is 25.7. The van der Waals surface area contributed by atoms with Crippen LogP contribution in [0.3, 0.4) is 0 Å². The van der Waals surface area contributed by atoms with Crippen molar-refractivity contribution >= 4 is 11.9 Å². The number of carboxylic acid groups (broad SMARTS) is 1. The second kappa shape index (κ2) is 5.49. The lowest BCUT2D eigenvalue weighted by atomic mass is 9.81. The molecule has 2 aliphatic heterocycles. The van der Waals surface area contributed by atoms with E-state index in [4.69, 9.17) is 5.11 Å². The van der Waals surface area contributed by atoms with Crippen LogP contribution in [0.4, 0.5) is 0 Å². The number of nitrogens with zero attached hydrogens (tertiary/aromatic N) is 1. The zero-order valence-corrected chi connectivity index (χ0v) is 11.8. The van der Waals surface area contributed by atoms with Crippen LogP contribution in [0.15, 0.2) is 0 Å². The number of hydrogen-bond acceptors (Lipinski definition) is 3. The van der Waals surface area contributed by atoms with Crippen LogP contribution < -0.4 is 5.32 Å². The van der Waals surface area contributed by atoms with E-state index < -0.39 is 5.97 Å². The Morgan fingerprint density at radius 1 is 1.47 bits per heavy atom. The Hall–Kier alpha value is -1.10. The van der Waals surface area contributed by atoms with Gasteiger partial charge in [0.1, 0.15) is 0 Å². The van der Waals surface area contributed by atoms with Gasteiger partial charge >= 0.3 is 5.97 Å². The summed E-state index contributed by atoms with van der Waals surface area (Å²) in [5.74, 6) is -0.804. The van der Waals surface area contributed by atoms with Crippen molar-refractivity contribution in [1.29, 1.82) is 0 Å². The fourth-order valence-electron chi connectivity index (χ4n) is 3.38. The molecule has 0 aromatic rings. The number of piperidine rings is 1. The number of hydrogen-bond donors (Lipinski definition) is 2. The van der Waals surface area contributed by atoms with E-state index in [1.54, 1.807) is 0 Å². The highest BCUT2D eigenvalue weighted by Gasteiger charge is 2.44. The van der Waals surface area contributed by atoms with E-state index in [0.29, 0.717) is 19.4 Å². The molecule has 0 aliphatic carbocycles. The van der Waals surface area contributed by atoms with Crippen LogP contribution >= 0.6 is 0 Å². The predicted octanol–water partition coefficient (Wildman–Crippen LogP) is 1.09. The maximum Gasteiger partial charge on any atom is 0.306 e. The van der Waals surface area contributed by atoms with Gasteiger partial charge < -0.3 is 15.3 Å². The maximum atomic E-state index is 12.8. The van der Waals surface area contributed by atoms with Crippen LogP contribution in [0.2, 0.25) is 0 Å². The minimum atomic E-state index is -0.730. The smallest absolute Gasteiger partial charge is 0.306 e. The molecule has 0 bridgehead atoms. The summed E-state index contributed by atoms with van der Waals surface area (Å²) in [7, 11) is 0. The summed E-state index contributed by atoms with van der Waals surface area (Å²) < 4.78 is 0.